The topological polar surface area (TPSA) is 102 Å². The van der Waals surface area contributed by atoms with Crippen LogP contribution in [0.3, 0.4) is 0 Å². The molecule has 7 nitrogen and oxygen atoms in total. The molecule has 116 valence electrons. The number of rotatable bonds is 6. The average Bonchev–Trinajstić information content (AvgIpc) is 2.55. The number of nitrogen functional groups attached to an aromatic ring is 1. The second-order valence-electron chi connectivity index (χ2n) is 4.61. The zero-order valence-corrected chi connectivity index (χ0v) is 12.6. The minimum absolute atomic E-state index is 0.376. The Balaban J connectivity index is 2.15. The third-order valence-corrected chi connectivity index (χ3v) is 3.00. The van der Waals surface area contributed by atoms with Crippen LogP contribution >= 0.6 is 0 Å². The first kappa shape index (κ1) is 15.6. The number of carbonyl (C=O) groups excluding carboxylic acids is 1. The van der Waals surface area contributed by atoms with Crippen LogP contribution in [0.4, 0.5) is 23.0 Å². The van der Waals surface area contributed by atoms with E-state index in [1.54, 1.807) is 24.3 Å². The van der Waals surface area contributed by atoms with Crippen molar-refractivity contribution in [1.82, 2.24) is 9.97 Å². The summed E-state index contributed by atoms with van der Waals surface area (Å²) in [5, 5.41) is 6.25. The van der Waals surface area contributed by atoms with Gasteiger partial charge in [0.15, 0.2) is 11.6 Å². The first-order chi connectivity index (χ1) is 10.7. The van der Waals surface area contributed by atoms with Crippen molar-refractivity contribution in [3.8, 4) is 0 Å². The van der Waals surface area contributed by atoms with E-state index in [0.29, 0.717) is 22.9 Å². The fraction of sp³-hybridized carbons (Fsp3) is 0.267. The van der Waals surface area contributed by atoms with Gasteiger partial charge in [0.05, 0.1) is 12.7 Å². The maximum absolute atomic E-state index is 11.4. The van der Waals surface area contributed by atoms with Gasteiger partial charge in [0.25, 0.3) is 0 Å². The third-order valence-electron chi connectivity index (χ3n) is 3.00. The van der Waals surface area contributed by atoms with Crippen LogP contribution in [-0.2, 0) is 4.74 Å². The number of hydrogen-bond acceptors (Lipinski definition) is 7. The number of nitrogens with one attached hydrogen (secondary N) is 2. The second kappa shape index (κ2) is 7.26. The number of anilines is 4. The number of nitrogens with zero attached hydrogens (tertiary/aromatic N) is 2. The van der Waals surface area contributed by atoms with Gasteiger partial charge in [-0.05, 0) is 30.7 Å². The Hall–Kier alpha value is -2.83. The number of ether oxygens (including phenoxy) is 1. The second-order valence-corrected chi connectivity index (χ2v) is 4.61. The predicted molar refractivity (Wildman–Crippen MR) is 86.3 cm³/mol. The van der Waals surface area contributed by atoms with Crippen molar-refractivity contribution < 1.29 is 9.53 Å². The number of nitrogens with two attached hydrogens (primary N) is 1. The maximum Gasteiger partial charge on any atom is 0.337 e. The Kier molecular flexibility index (Phi) is 5.13. The number of carbonyl (C=O) groups is 1. The number of methoxy groups -OCH3 is 1. The molecular weight excluding hydrogens is 282 g/mol. The normalized spacial score (nSPS) is 10.1. The summed E-state index contributed by atoms with van der Waals surface area (Å²) in [7, 11) is 1.35. The lowest BCUT2D eigenvalue weighted by molar-refractivity contribution is 0.0601. The maximum atomic E-state index is 11.4. The predicted octanol–water partition coefficient (Wildman–Crippen LogP) is 2.41. The van der Waals surface area contributed by atoms with E-state index >= 15 is 0 Å². The molecule has 2 rings (SSSR count). The summed E-state index contributed by atoms with van der Waals surface area (Å²) in [6.07, 6.45) is 2.42. The van der Waals surface area contributed by atoms with E-state index in [2.05, 4.69) is 32.3 Å². The van der Waals surface area contributed by atoms with E-state index in [1.807, 2.05) is 0 Å². The molecule has 0 atom stereocenters. The van der Waals surface area contributed by atoms with Crippen LogP contribution in [0.1, 0.15) is 23.7 Å². The lowest BCUT2D eigenvalue weighted by Gasteiger charge is -2.12. The molecular formula is C15H19N5O2. The number of hydrogen-bond donors (Lipinski definition) is 3. The molecule has 0 aliphatic rings. The van der Waals surface area contributed by atoms with Crippen molar-refractivity contribution in [3.63, 3.8) is 0 Å². The van der Waals surface area contributed by atoms with E-state index in [1.165, 1.54) is 13.4 Å². The molecule has 0 aliphatic carbocycles. The van der Waals surface area contributed by atoms with Crippen LogP contribution in [-0.4, -0.2) is 29.6 Å². The molecule has 0 saturated carbocycles. The first-order valence-electron chi connectivity index (χ1n) is 6.95. The van der Waals surface area contributed by atoms with Gasteiger partial charge in [-0.1, -0.05) is 6.92 Å². The Morgan fingerprint density at radius 3 is 2.55 bits per heavy atom. The van der Waals surface area contributed by atoms with E-state index in [0.717, 1.165) is 18.7 Å². The summed E-state index contributed by atoms with van der Waals surface area (Å²) in [5.74, 6) is 0.740. The van der Waals surface area contributed by atoms with Gasteiger partial charge in [-0.25, -0.2) is 14.8 Å². The Bertz CT molecular complexity index is 643. The van der Waals surface area contributed by atoms with Gasteiger partial charge in [0.1, 0.15) is 12.0 Å². The minimum Gasteiger partial charge on any atom is -0.465 e. The largest absolute Gasteiger partial charge is 0.465 e. The van der Waals surface area contributed by atoms with E-state index in [4.69, 9.17) is 5.73 Å². The Morgan fingerprint density at radius 1 is 1.23 bits per heavy atom. The lowest BCUT2D eigenvalue weighted by Crippen LogP contribution is -2.08. The zero-order valence-electron chi connectivity index (χ0n) is 12.6. The summed E-state index contributed by atoms with van der Waals surface area (Å²) < 4.78 is 4.66. The molecule has 7 heteroatoms. The van der Waals surface area contributed by atoms with Gasteiger partial charge in [-0.15, -0.1) is 0 Å². The molecule has 4 N–H and O–H groups in total. The molecule has 1 aromatic heterocycles. The Labute approximate surface area is 128 Å². The van der Waals surface area contributed by atoms with E-state index in [-0.39, 0.29) is 5.97 Å². The summed E-state index contributed by atoms with van der Waals surface area (Å²) in [4.78, 5) is 19.6. The standard InChI is InChI=1S/C15H19N5O2/c1-3-8-17-13-12(16)14(19-9-18-13)20-11-6-4-10(5-7-11)15(21)22-2/h4-7,9H,3,8,16H2,1-2H3,(H2,17,18,19,20). The number of benzene rings is 1. The van der Waals surface area contributed by atoms with Crippen LogP contribution in [0.2, 0.25) is 0 Å². The molecule has 0 saturated heterocycles. The summed E-state index contributed by atoms with van der Waals surface area (Å²) in [6, 6.07) is 6.85. The van der Waals surface area contributed by atoms with Crippen LogP contribution < -0.4 is 16.4 Å². The van der Waals surface area contributed by atoms with Gasteiger partial charge in [-0.2, -0.15) is 0 Å². The molecule has 0 radical (unpaired) electrons. The molecule has 2 aromatic rings. The fourth-order valence-corrected chi connectivity index (χ4v) is 1.82. The lowest BCUT2D eigenvalue weighted by atomic mass is 10.2. The molecule has 0 unspecified atom stereocenters. The Morgan fingerprint density at radius 2 is 1.91 bits per heavy atom. The minimum atomic E-state index is -0.376. The molecule has 22 heavy (non-hydrogen) atoms. The van der Waals surface area contributed by atoms with E-state index < -0.39 is 0 Å². The molecule has 0 bridgehead atoms. The summed E-state index contributed by atoms with van der Waals surface area (Å²) >= 11 is 0. The molecule has 0 amide bonds. The van der Waals surface area contributed by atoms with Gasteiger partial charge >= 0.3 is 5.97 Å². The highest BCUT2D eigenvalue weighted by Crippen LogP contribution is 2.25. The van der Waals surface area contributed by atoms with Gasteiger partial charge in [0.2, 0.25) is 0 Å². The highest BCUT2D eigenvalue weighted by Gasteiger charge is 2.09. The van der Waals surface area contributed by atoms with Crippen molar-refractivity contribution in [1.29, 1.82) is 0 Å². The van der Waals surface area contributed by atoms with Gasteiger partial charge in [-0.3, -0.25) is 0 Å². The van der Waals surface area contributed by atoms with Crippen molar-refractivity contribution in [2.45, 2.75) is 13.3 Å². The number of aromatic nitrogens is 2. The van der Waals surface area contributed by atoms with Crippen molar-refractivity contribution in [2.24, 2.45) is 0 Å². The fourth-order valence-electron chi connectivity index (χ4n) is 1.82. The zero-order chi connectivity index (χ0) is 15.9. The molecule has 0 spiro atoms. The van der Waals surface area contributed by atoms with E-state index in [9.17, 15) is 4.79 Å². The van der Waals surface area contributed by atoms with Crippen molar-refractivity contribution in [3.05, 3.63) is 36.2 Å². The molecule has 0 aliphatic heterocycles. The van der Waals surface area contributed by atoms with Crippen molar-refractivity contribution in [2.75, 3.05) is 30.0 Å². The highest BCUT2D eigenvalue weighted by molar-refractivity contribution is 5.90. The smallest absolute Gasteiger partial charge is 0.337 e. The van der Waals surface area contributed by atoms with Crippen molar-refractivity contribution >= 4 is 29.0 Å². The third kappa shape index (κ3) is 3.63. The van der Waals surface area contributed by atoms with Crippen LogP contribution in [0, 0.1) is 0 Å². The summed E-state index contributed by atoms with van der Waals surface area (Å²) in [6.45, 7) is 2.85. The number of esters is 1. The molecule has 0 fully saturated rings. The van der Waals surface area contributed by atoms with Gasteiger partial charge in [0, 0.05) is 12.2 Å². The monoisotopic (exact) mass is 301 g/mol. The highest BCUT2D eigenvalue weighted by atomic mass is 16.5. The first-order valence-corrected chi connectivity index (χ1v) is 6.95. The van der Waals surface area contributed by atoms with Gasteiger partial charge < -0.3 is 21.1 Å². The van der Waals surface area contributed by atoms with Crippen LogP contribution in [0.15, 0.2) is 30.6 Å². The summed E-state index contributed by atoms with van der Waals surface area (Å²) in [5.41, 5.74) is 7.74. The molecule has 1 heterocycles. The molecule has 1 aromatic carbocycles. The van der Waals surface area contributed by atoms with Crippen LogP contribution in [0.5, 0.6) is 0 Å². The average molecular weight is 301 g/mol. The quantitative estimate of drug-likeness (QED) is 0.704. The SMILES string of the molecule is CCCNc1ncnc(Nc2ccc(C(=O)OC)cc2)c1N. The van der Waals surface area contributed by atoms with Crippen LogP contribution in [0.25, 0.3) is 0 Å².